The van der Waals surface area contributed by atoms with E-state index in [1.165, 1.54) is 11.8 Å². The molecule has 2 saturated heterocycles. The van der Waals surface area contributed by atoms with E-state index in [1.54, 1.807) is 28.6 Å². The molecule has 0 bridgehead atoms. The molecule has 2 aliphatic rings. The number of aromatic nitrogens is 2. The van der Waals surface area contributed by atoms with Gasteiger partial charge in [-0.3, -0.25) is 4.79 Å². The number of likely N-dealkylation sites (tertiary alicyclic amines) is 1. The van der Waals surface area contributed by atoms with Crippen molar-refractivity contribution in [2.24, 2.45) is 0 Å². The average Bonchev–Trinajstić information content (AvgIpc) is 3.27. The number of rotatable bonds is 6. The lowest BCUT2D eigenvalue weighted by Crippen LogP contribution is -2.48. The van der Waals surface area contributed by atoms with Gasteiger partial charge in [-0.1, -0.05) is 18.2 Å². The van der Waals surface area contributed by atoms with Crippen LogP contribution in [0.1, 0.15) is 52.4 Å². The maximum Gasteiger partial charge on any atom is 0.277 e. The Bertz CT molecular complexity index is 1020. The van der Waals surface area contributed by atoms with Gasteiger partial charge in [0.15, 0.2) is 0 Å². The number of nitrogens with zero attached hydrogens (tertiary/aromatic N) is 4. The summed E-state index contributed by atoms with van der Waals surface area (Å²) in [6, 6.07) is 7.04. The Morgan fingerprint density at radius 1 is 1.03 bits per heavy atom. The molecule has 0 N–H and O–H groups in total. The smallest absolute Gasteiger partial charge is 0.277 e. The lowest BCUT2D eigenvalue weighted by Gasteiger charge is -2.39. The van der Waals surface area contributed by atoms with Crippen molar-refractivity contribution >= 4 is 27.7 Å². The molecule has 4 rings (SSSR count). The number of carbonyl (C=O) groups excluding carboxylic acids is 1. The second kappa shape index (κ2) is 9.93. The van der Waals surface area contributed by atoms with E-state index in [0.717, 1.165) is 38.5 Å². The van der Waals surface area contributed by atoms with Gasteiger partial charge in [0.25, 0.3) is 5.22 Å². The van der Waals surface area contributed by atoms with Gasteiger partial charge >= 0.3 is 0 Å². The summed E-state index contributed by atoms with van der Waals surface area (Å²) in [5, 5.41) is 8.44. The van der Waals surface area contributed by atoms with Crippen molar-refractivity contribution in [3.8, 4) is 11.5 Å². The van der Waals surface area contributed by atoms with E-state index >= 15 is 0 Å². The number of hydrogen-bond acceptors (Lipinski definition) is 7. The zero-order valence-corrected chi connectivity index (χ0v) is 20.2. The van der Waals surface area contributed by atoms with E-state index in [1.807, 2.05) is 4.90 Å². The number of thioether (sulfide) groups is 1. The standard InChI is InChI=1S/C22H30N4O4S2/c1-16-7-6-8-17(2)26(16)20(27)15-31-22-24-23-21(30-22)18-9-11-19(12-10-18)32(28,29)25-13-4-3-5-14-25/h9-12,16-17H,3-8,13-15H2,1-2H3/t16-,17+. The van der Waals surface area contributed by atoms with Gasteiger partial charge in [0, 0.05) is 30.7 Å². The topological polar surface area (TPSA) is 96.6 Å². The van der Waals surface area contributed by atoms with Gasteiger partial charge in [-0.2, -0.15) is 4.31 Å². The van der Waals surface area contributed by atoms with Gasteiger partial charge in [0.1, 0.15) is 0 Å². The Hall–Kier alpha value is -1.91. The molecule has 2 atom stereocenters. The van der Waals surface area contributed by atoms with Gasteiger partial charge in [-0.25, -0.2) is 8.42 Å². The predicted octanol–water partition coefficient (Wildman–Crippen LogP) is 3.79. The number of benzene rings is 1. The lowest BCUT2D eigenvalue weighted by molar-refractivity contribution is -0.134. The van der Waals surface area contributed by atoms with Crippen LogP contribution < -0.4 is 0 Å². The highest BCUT2D eigenvalue weighted by Gasteiger charge is 2.29. The molecule has 8 nitrogen and oxygen atoms in total. The monoisotopic (exact) mass is 478 g/mol. The second-order valence-electron chi connectivity index (χ2n) is 8.58. The molecular formula is C22H30N4O4S2. The Morgan fingerprint density at radius 2 is 1.69 bits per heavy atom. The summed E-state index contributed by atoms with van der Waals surface area (Å²) in [5.41, 5.74) is 0.645. The molecule has 0 aliphatic carbocycles. The van der Waals surface area contributed by atoms with Gasteiger partial charge < -0.3 is 9.32 Å². The summed E-state index contributed by atoms with van der Waals surface area (Å²) in [7, 11) is -3.47. The summed E-state index contributed by atoms with van der Waals surface area (Å²) in [6.07, 6.45) is 6.11. The van der Waals surface area contributed by atoms with E-state index in [0.29, 0.717) is 29.8 Å². The van der Waals surface area contributed by atoms with E-state index in [4.69, 9.17) is 4.42 Å². The molecular weight excluding hydrogens is 448 g/mol. The van der Waals surface area contributed by atoms with Crippen LogP contribution in [0.2, 0.25) is 0 Å². The molecule has 0 unspecified atom stereocenters. The molecule has 3 heterocycles. The number of hydrogen-bond donors (Lipinski definition) is 0. The van der Waals surface area contributed by atoms with Crippen molar-refractivity contribution in [1.29, 1.82) is 0 Å². The predicted molar refractivity (Wildman–Crippen MR) is 123 cm³/mol. The first-order valence-electron chi connectivity index (χ1n) is 11.2. The number of carbonyl (C=O) groups is 1. The Balaban J connectivity index is 1.38. The fraction of sp³-hybridized carbons (Fsp3) is 0.591. The largest absolute Gasteiger partial charge is 0.411 e. The minimum Gasteiger partial charge on any atom is -0.411 e. The number of amides is 1. The highest BCUT2D eigenvalue weighted by molar-refractivity contribution is 7.99. The van der Waals surface area contributed by atoms with Crippen molar-refractivity contribution in [3.63, 3.8) is 0 Å². The van der Waals surface area contributed by atoms with Crippen molar-refractivity contribution in [1.82, 2.24) is 19.4 Å². The third-order valence-corrected chi connectivity index (χ3v) is 8.98. The van der Waals surface area contributed by atoms with Crippen LogP contribution in [0.25, 0.3) is 11.5 Å². The van der Waals surface area contributed by atoms with Gasteiger partial charge in [0.2, 0.25) is 21.8 Å². The normalized spacial score (nSPS) is 22.8. The Labute approximate surface area is 193 Å². The molecule has 0 radical (unpaired) electrons. The molecule has 1 amide bonds. The maximum absolute atomic E-state index is 12.8. The summed E-state index contributed by atoms with van der Waals surface area (Å²) in [5.74, 6) is 0.645. The second-order valence-corrected chi connectivity index (χ2v) is 11.4. The van der Waals surface area contributed by atoms with E-state index in [-0.39, 0.29) is 28.6 Å². The molecule has 1 aromatic carbocycles. The average molecular weight is 479 g/mol. The van der Waals surface area contributed by atoms with Crippen LogP contribution in [0.4, 0.5) is 0 Å². The van der Waals surface area contributed by atoms with Gasteiger partial charge in [0.05, 0.1) is 10.6 Å². The molecule has 0 spiro atoms. The molecule has 10 heteroatoms. The van der Waals surface area contributed by atoms with Crippen molar-refractivity contribution < 1.29 is 17.6 Å². The third-order valence-electron chi connectivity index (χ3n) is 6.26. The van der Waals surface area contributed by atoms with Gasteiger partial charge in [-0.15, -0.1) is 10.2 Å². The molecule has 1 aromatic heterocycles. The molecule has 32 heavy (non-hydrogen) atoms. The quantitative estimate of drug-likeness (QED) is 0.583. The highest BCUT2D eigenvalue weighted by atomic mass is 32.2. The molecule has 174 valence electrons. The fourth-order valence-electron chi connectivity index (χ4n) is 4.52. The number of piperidine rings is 2. The van der Waals surface area contributed by atoms with E-state index in [2.05, 4.69) is 24.0 Å². The molecule has 2 aliphatic heterocycles. The first kappa shape index (κ1) is 23.3. The molecule has 2 aromatic rings. The molecule has 0 saturated carbocycles. The highest BCUT2D eigenvalue weighted by Crippen LogP contribution is 2.28. The van der Waals surface area contributed by atoms with Crippen LogP contribution in [-0.4, -0.2) is 64.7 Å². The van der Waals surface area contributed by atoms with E-state index < -0.39 is 10.0 Å². The van der Waals surface area contributed by atoms with Crippen molar-refractivity contribution in [2.75, 3.05) is 18.8 Å². The van der Waals surface area contributed by atoms with Crippen LogP contribution in [0.5, 0.6) is 0 Å². The van der Waals surface area contributed by atoms with E-state index in [9.17, 15) is 13.2 Å². The summed E-state index contributed by atoms with van der Waals surface area (Å²) in [6.45, 7) is 5.33. The van der Waals surface area contributed by atoms with Crippen LogP contribution in [0.15, 0.2) is 38.8 Å². The van der Waals surface area contributed by atoms with Crippen molar-refractivity contribution in [3.05, 3.63) is 24.3 Å². The minimum absolute atomic E-state index is 0.0849. The van der Waals surface area contributed by atoms with Crippen LogP contribution in [0.3, 0.4) is 0 Å². The zero-order chi connectivity index (χ0) is 22.7. The third kappa shape index (κ3) is 5.02. The summed E-state index contributed by atoms with van der Waals surface area (Å²) in [4.78, 5) is 14.9. The SMILES string of the molecule is C[C@@H]1CCC[C@H](C)N1C(=O)CSc1nnc(-c2ccc(S(=O)(=O)N3CCCCC3)cc2)o1. The first-order chi connectivity index (χ1) is 15.4. The summed E-state index contributed by atoms with van der Waals surface area (Å²) >= 11 is 1.23. The molecule has 2 fully saturated rings. The van der Waals surface area contributed by atoms with Crippen molar-refractivity contribution in [2.45, 2.75) is 74.6 Å². The van der Waals surface area contributed by atoms with Crippen LogP contribution in [-0.2, 0) is 14.8 Å². The lowest BCUT2D eigenvalue weighted by atomic mass is 9.98. The fourth-order valence-corrected chi connectivity index (χ4v) is 6.67. The first-order valence-corrected chi connectivity index (χ1v) is 13.7. The van der Waals surface area contributed by atoms with Crippen LogP contribution in [0, 0.1) is 0 Å². The van der Waals surface area contributed by atoms with Gasteiger partial charge in [-0.05, 0) is 70.2 Å². The van der Waals surface area contributed by atoms with Crippen LogP contribution >= 0.6 is 11.8 Å². The maximum atomic E-state index is 12.8. The summed E-state index contributed by atoms with van der Waals surface area (Å²) < 4.78 is 32.9. The minimum atomic E-state index is -3.47. The zero-order valence-electron chi connectivity index (χ0n) is 18.6. The Morgan fingerprint density at radius 3 is 2.34 bits per heavy atom. The number of sulfonamides is 1. The Kier molecular flexibility index (Phi) is 7.21.